The molecule has 6 heteroatoms. The molecule has 2 N–H and O–H groups in total. The van der Waals surface area contributed by atoms with E-state index in [-0.39, 0.29) is 22.4 Å². The molecule has 0 amide bonds. The highest BCUT2D eigenvalue weighted by atomic mass is 35.5. The lowest BCUT2D eigenvalue weighted by molar-refractivity contribution is -0.134. The lowest BCUT2D eigenvalue weighted by Gasteiger charge is -2.29. The fourth-order valence-corrected chi connectivity index (χ4v) is 4.54. The molecule has 124 valence electrons. The number of ketones is 1. The van der Waals surface area contributed by atoms with E-state index in [1.165, 1.54) is 12.8 Å². The summed E-state index contributed by atoms with van der Waals surface area (Å²) in [6.45, 7) is 1.78. The Labute approximate surface area is 145 Å². The summed E-state index contributed by atoms with van der Waals surface area (Å²) in [5, 5.41) is 12.0. The maximum absolute atomic E-state index is 13.0. The van der Waals surface area contributed by atoms with Gasteiger partial charge in [-0.2, -0.15) is 0 Å². The summed E-state index contributed by atoms with van der Waals surface area (Å²) >= 11 is 12.6. The van der Waals surface area contributed by atoms with Gasteiger partial charge in [0.2, 0.25) is 0 Å². The van der Waals surface area contributed by atoms with E-state index in [0.29, 0.717) is 23.6 Å². The van der Waals surface area contributed by atoms with Crippen molar-refractivity contribution in [2.24, 2.45) is 11.3 Å². The van der Waals surface area contributed by atoms with Gasteiger partial charge in [0.1, 0.15) is 6.54 Å². The molecule has 1 aromatic carbocycles. The van der Waals surface area contributed by atoms with E-state index < -0.39 is 11.4 Å². The van der Waals surface area contributed by atoms with Crippen LogP contribution in [-0.2, 0) is 11.2 Å². The quantitative estimate of drug-likeness (QED) is 0.838. The average molecular weight is 356 g/mol. The van der Waals surface area contributed by atoms with Crippen molar-refractivity contribution in [2.45, 2.75) is 39.0 Å². The number of carbonyl (C=O) groups is 2. The fraction of sp³-hybridized carbons (Fsp3) is 0.529. The third-order valence-electron chi connectivity index (χ3n) is 5.28. The van der Waals surface area contributed by atoms with Crippen LogP contribution in [0, 0.1) is 11.3 Å². The van der Waals surface area contributed by atoms with E-state index in [1.54, 1.807) is 6.07 Å². The number of carboxylic acid groups (broad SMARTS) is 1. The number of rotatable bonds is 4. The third-order valence-corrected chi connectivity index (χ3v) is 6.15. The number of halogens is 2. The number of carboxylic acids is 1. The summed E-state index contributed by atoms with van der Waals surface area (Å²) in [7, 11) is 0. The maximum Gasteiger partial charge on any atom is 0.322 e. The van der Waals surface area contributed by atoms with Crippen molar-refractivity contribution in [3.05, 3.63) is 27.2 Å². The van der Waals surface area contributed by atoms with E-state index in [9.17, 15) is 9.59 Å². The van der Waals surface area contributed by atoms with Gasteiger partial charge in [-0.15, -0.1) is 0 Å². The Balaban J connectivity index is 1.98. The molecule has 0 spiro atoms. The van der Waals surface area contributed by atoms with E-state index in [0.717, 1.165) is 18.4 Å². The second-order valence-electron chi connectivity index (χ2n) is 6.74. The summed E-state index contributed by atoms with van der Waals surface area (Å²) in [6, 6.07) is 1.78. The van der Waals surface area contributed by atoms with Crippen LogP contribution < -0.4 is 5.32 Å². The van der Waals surface area contributed by atoms with Crippen LogP contribution in [-0.4, -0.2) is 23.4 Å². The second-order valence-corrected chi connectivity index (χ2v) is 7.49. The van der Waals surface area contributed by atoms with E-state index in [2.05, 4.69) is 5.32 Å². The van der Waals surface area contributed by atoms with Gasteiger partial charge in [-0.05, 0) is 36.8 Å². The smallest absolute Gasteiger partial charge is 0.322 e. The van der Waals surface area contributed by atoms with E-state index in [1.807, 2.05) is 6.92 Å². The zero-order valence-electron chi connectivity index (χ0n) is 12.9. The highest BCUT2D eigenvalue weighted by Crippen LogP contribution is 2.52. The fourth-order valence-electron chi connectivity index (χ4n) is 4.02. The first-order valence-electron chi connectivity index (χ1n) is 7.86. The first-order chi connectivity index (χ1) is 10.8. The molecular formula is C17H19Cl2NO3. The first kappa shape index (κ1) is 16.6. The molecule has 1 atom stereocenters. The number of nitrogens with one attached hydrogen (secondary N) is 1. The monoisotopic (exact) mass is 355 g/mol. The van der Waals surface area contributed by atoms with Crippen LogP contribution in [0.2, 0.25) is 10.0 Å². The number of hydrogen-bond acceptors (Lipinski definition) is 3. The number of anilines is 1. The third kappa shape index (κ3) is 2.72. The molecule has 1 unspecified atom stereocenters. The predicted molar refractivity (Wildman–Crippen MR) is 90.7 cm³/mol. The van der Waals surface area contributed by atoms with E-state index in [4.69, 9.17) is 28.3 Å². The van der Waals surface area contributed by atoms with E-state index >= 15 is 0 Å². The van der Waals surface area contributed by atoms with Crippen molar-refractivity contribution in [3.8, 4) is 0 Å². The summed E-state index contributed by atoms with van der Waals surface area (Å²) < 4.78 is 0. The van der Waals surface area contributed by atoms with Gasteiger partial charge in [-0.25, -0.2) is 0 Å². The summed E-state index contributed by atoms with van der Waals surface area (Å²) in [4.78, 5) is 23.7. The zero-order chi connectivity index (χ0) is 16.8. The largest absolute Gasteiger partial charge is 0.480 e. The number of hydrogen-bond donors (Lipinski definition) is 2. The van der Waals surface area contributed by atoms with Crippen LogP contribution in [0.3, 0.4) is 0 Å². The molecule has 0 bridgehead atoms. The van der Waals surface area contributed by atoms with Crippen molar-refractivity contribution in [2.75, 3.05) is 11.9 Å². The minimum atomic E-state index is -0.982. The van der Waals surface area contributed by atoms with Crippen molar-refractivity contribution >= 4 is 40.6 Å². The van der Waals surface area contributed by atoms with Crippen LogP contribution in [0.1, 0.15) is 48.5 Å². The Hall–Kier alpha value is -1.26. The number of benzene rings is 1. The zero-order valence-corrected chi connectivity index (χ0v) is 14.4. The molecule has 0 heterocycles. The van der Waals surface area contributed by atoms with Gasteiger partial charge in [0.15, 0.2) is 5.78 Å². The van der Waals surface area contributed by atoms with Gasteiger partial charge in [-0.3, -0.25) is 9.59 Å². The van der Waals surface area contributed by atoms with Gasteiger partial charge < -0.3 is 10.4 Å². The number of aliphatic carboxylic acids is 1. The molecule has 4 nitrogen and oxygen atoms in total. The second kappa shape index (κ2) is 5.99. The van der Waals surface area contributed by atoms with Crippen LogP contribution >= 0.6 is 23.2 Å². The van der Waals surface area contributed by atoms with Crippen molar-refractivity contribution in [1.29, 1.82) is 0 Å². The van der Waals surface area contributed by atoms with Gasteiger partial charge in [0.25, 0.3) is 0 Å². The molecule has 2 aliphatic rings. The lowest BCUT2D eigenvalue weighted by atomic mass is 9.73. The molecule has 23 heavy (non-hydrogen) atoms. The molecule has 1 saturated carbocycles. The van der Waals surface area contributed by atoms with Gasteiger partial charge >= 0.3 is 5.97 Å². The Kier molecular flexibility index (Phi) is 4.32. The van der Waals surface area contributed by atoms with Gasteiger partial charge in [0.05, 0.1) is 15.7 Å². The Bertz CT molecular complexity index is 683. The number of carbonyl (C=O) groups excluding carboxylic acids is 1. The molecule has 0 saturated heterocycles. The molecule has 1 fully saturated rings. The Morgan fingerprint density at radius 2 is 2.00 bits per heavy atom. The highest BCUT2D eigenvalue weighted by Gasteiger charge is 2.49. The predicted octanol–water partition coefficient (Wildman–Crippen LogP) is 4.43. The molecule has 0 radical (unpaired) electrons. The maximum atomic E-state index is 13.0. The summed E-state index contributed by atoms with van der Waals surface area (Å²) in [5.74, 6) is -0.520. The van der Waals surface area contributed by atoms with Crippen molar-refractivity contribution in [3.63, 3.8) is 0 Å². The van der Waals surface area contributed by atoms with Gasteiger partial charge in [0, 0.05) is 11.0 Å². The summed E-state index contributed by atoms with van der Waals surface area (Å²) in [5.41, 5.74) is 1.44. The number of fused-ring (bicyclic) bond motifs is 1. The molecule has 0 aliphatic heterocycles. The lowest BCUT2D eigenvalue weighted by Crippen LogP contribution is -2.32. The number of Topliss-reactive ketones (excluding diaryl/α,β-unsaturated/α-hetero) is 1. The average Bonchev–Trinajstić information content (AvgIpc) is 3.10. The van der Waals surface area contributed by atoms with Crippen LogP contribution in [0.15, 0.2) is 6.07 Å². The minimum absolute atomic E-state index is 0.0797. The highest BCUT2D eigenvalue weighted by molar-refractivity contribution is 6.46. The van der Waals surface area contributed by atoms with Crippen LogP contribution in [0.5, 0.6) is 0 Å². The topological polar surface area (TPSA) is 66.4 Å². The van der Waals surface area contributed by atoms with Crippen LogP contribution in [0.4, 0.5) is 5.69 Å². The first-order valence-corrected chi connectivity index (χ1v) is 8.61. The standard InChI is InChI=1S/C17H19Cl2NO3/c1-17(10-4-2-3-5-10)7-9-6-11(20-8-12(21)22)14(18)15(19)13(9)16(17)23/h6,10,20H,2-5,7-8H2,1H3,(H,21,22). The normalized spacial score (nSPS) is 24.0. The Morgan fingerprint density at radius 1 is 1.35 bits per heavy atom. The SMILES string of the molecule is CC1(C2CCCC2)Cc2cc(NCC(=O)O)c(Cl)c(Cl)c2C1=O. The van der Waals surface area contributed by atoms with Crippen molar-refractivity contribution < 1.29 is 14.7 Å². The minimum Gasteiger partial charge on any atom is -0.480 e. The molecule has 0 aromatic heterocycles. The Morgan fingerprint density at radius 3 is 2.61 bits per heavy atom. The molecule has 3 rings (SSSR count). The molecule has 1 aromatic rings. The molecule has 2 aliphatic carbocycles. The van der Waals surface area contributed by atoms with Crippen molar-refractivity contribution in [1.82, 2.24) is 0 Å². The summed E-state index contributed by atoms with van der Waals surface area (Å²) in [6.07, 6.45) is 5.13. The molecular weight excluding hydrogens is 337 g/mol. The van der Waals surface area contributed by atoms with Crippen LogP contribution in [0.25, 0.3) is 0 Å². The van der Waals surface area contributed by atoms with Gasteiger partial charge in [-0.1, -0.05) is 43.0 Å².